The molecule has 1 saturated carbocycles. The van der Waals surface area contributed by atoms with Crippen molar-refractivity contribution in [3.8, 4) is 0 Å². The lowest BCUT2D eigenvalue weighted by Crippen LogP contribution is -2.18. The number of nitrogens with two attached hydrogens (primary N) is 1. The molecule has 0 radical (unpaired) electrons. The zero-order chi connectivity index (χ0) is 12.7. The van der Waals surface area contributed by atoms with Gasteiger partial charge in [0.2, 0.25) is 0 Å². The van der Waals surface area contributed by atoms with Gasteiger partial charge >= 0.3 is 0 Å². The molecule has 96 valence electrons. The summed E-state index contributed by atoms with van der Waals surface area (Å²) in [5, 5.41) is 1.14. The van der Waals surface area contributed by atoms with Gasteiger partial charge in [-0.2, -0.15) is 0 Å². The second-order valence-corrected chi connectivity index (χ2v) is 6.28. The number of aryl methyl sites for hydroxylation is 1. The Balaban J connectivity index is 1.99. The summed E-state index contributed by atoms with van der Waals surface area (Å²) in [6, 6.07) is 6.34. The second-order valence-electron chi connectivity index (χ2n) is 5.36. The van der Waals surface area contributed by atoms with Crippen molar-refractivity contribution in [1.82, 2.24) is 0 Å². The Labute approximate surface area is 116 Å². The van der Waals surface area contributed by atoms with Crippen LogP contribution in [0.1, 0.15) is 43.0 Å². The number of benzene rings is 1. The summed E-state index contributed by atoms with van der Waals surface area (Å²) < 4.78 is 7.07. The average Bonchev–Trinajstić information content (AvgIpc) is 2.96. The van der Waals surface area contributed by atoms with Crippen molar-refractivity contribution < 1.29 is 4.42 Å². The highest BCUT2D eigenvalue weighted by molar-refractivity contribution is 9.10. The van der Waals surface area contributed by atoms with Crippen LogP contribution in [0.15, 0.2) is 27.1 Å². The molecule has 3 heteroatoms. The largest absolute Gasteiger partial charge is 0.459 e. The summed E-state index contributed by atoms with van der Waals surface area (Å²) in [5.41, 5.74) is 8.48. The molecule has 0 aliphatic heterocycles. The van der Waals surface area contributed by atoms with Gasteiger partial charge in [-0.3, -0.25) is 0 Å². The predicted octanol–water partition coefficient (Wildman–Crippen LogP) is 4.69. The summed E-state index contributed by atoms with van der Waals surface area (Å²) in [6.07, 6.45) is 5.09. The van der Waals surface area contributed by atoms with E-state index in [1.807, 2.05) is 0 Å². The van der Waals surface area contributed by atoms with Crippen LogP contribution >= 0.6 is 15.9 Å². The zero-order valence-corrected chi connectivity index (χ0v) is 12.2. The predicted molar refractivity (Wildman–Crippen MR) is 77.5 cm³/mol. The molecule has 1 unspecified atom stereocenters. The first-order valence-corrected chi connectivity index (χ1v) is 7.39. The van der Waals surface area contributed by atoms with Gasteiger partial charge in [-0.25, -0.2) is 0 Å². The molecular weight excluding hydrogens is 290 g/mol. The third-order valence-corrected chi connectivity index (χ3v) is 4.48. The quantitative estimate of drug-likeness (QED) is 0.874. The Morgan fingerprint density at radius 2 is 2.00 bits per heavy atom. The van der Waals surface area contributed by atoms with Crippen LogP contribution in [0, 0.1) is 12.8 Å². The lowest BCUT2D eigenvalue weighted by Gasteiger charge is -2.15. The van der Waals surface area contributed by atoms with Gasteiger partial charge in [0.1, 0.15) is 11.3 Å². The van der Waals surface area contributed by atoms with Gasteiger partial charge in [-0.05, 0) is 49.4 Å². The van der Waals surface area contributed by atoms with Gasteiger partial charge in [0, 0.05) is 9.86 Å². The van der Waals surface area contributed by atoms with Crippen LogP contribution in [0.25, 0.3) is 11.0 Å². The monoisotopic (exact) mass is 307 g/mol. The second kappa shape index (κ2) is 4.71. The highest BCUT2D eigenvalue weighted by Gasteiger charge is 2.26. The summed E-state index contributed by atoms with van der Waals surface area (Å²) >= 11 is 3.52. The molecule has 18 heavy (non-hydrogen) atoms. The van der Waals surface area contributed by atoms with E-state index >= 15 is 0 Å². The van der Waals surface area contributed by atoms with E-state index < -0.39 is 0 Å². The smallest absolute Gasteiger partial charge is 0.137 e. The Morgan fingerprint density at radius 1 is 1.28 bits per heavy atom. The molecule has 0 amide bonds. The molecule has 1 fully saturated rings. The molecule has 1 heterocycles. The molecule has 1 aromatic heterocycles. The normalized spacial score (nSPS) is 18.6. The van der Waals surface area contributed by atoms with Gasteiger partial charge in [-0.15, -0.1) is 0 Å². The van der Waals surface area contributed by atoms with Gasteiger partial charge < -0.3 is 10.2 Å². The molecule has 2 aromatic rings. The first-order valence-electron chi connectivity index (χ1n) is 6.60. The Bertz CT molecular complexity index is 569. The van der Waals surface area contributed by atoms with E-state index in [1.54, 1.807) is 0 Å². The van der Waals surface area contributed by atoms with E-state index in [4.69, 9.17) is 10.2 Å². The number of halogens is 1. The van der Waals surface area contributed by atoms with Crippen LogP contribution in [-0.2, 0) is 0 Å². The Morgan fingerprint density at radius 3 is 2.72 bits per heavy atom. The van der Waals surface area contributed by atoms with Crippen LogP contribution < -0.4 is 5.73 Å². The molecular formula is C15H18BrNO. The molecule has 2 N–H and O–H groups in total. The molecule has 2 nitrogen and oxygen atoms in total. The molecule has 1 atom stereocenters. The summed E-state index contributed by atoms with van der Waals surface area (Å²) in [4.78, 5) is 0. The number of fused-ring (bicyclic) bond motifs is 1. The van der Waals surface area contributed by atoms with Crippen LogP contribution in [0.2, 0.25) is 0 Å². The van der Waals surface area contributed by atoms with E-state index in [0.29, 0.717) is 5.92 Å². The van der Waals surface area contributed by atoms with Gasteiger partial charge in [0.25, 0.3) is 0 Å². The van der Waals surface area contributed by atoms with Crippen LogP contribution in [-0.4, -0.2) is 0 Å². The Hall–Kier alpha value is -0.800. The van der Waals surface area contributed by atoms with E-state index in [-0.39, 0.29) is 6.04 Å². The van der Waals surface area contributed by atoms with Crippen LogP contribution in [0.3, 0.4) is 0 Å². The maximum absolute atomic E-state index is 6.35. The van der Waals surface area contributed by atoms with E-state index in [9.17, 15) is 0 Å². The lowest BCUT2D eigenvalue weighted by atomic mass is 9.97. The van der Waals surface area contributed by atoms with Crippen molar-refractivity contribution in [2.75, 3.05) is 0 Å². The third-order valence-electron chi connectivity index (χ3n) is 4.02. The van der Waals surface area contributed by atoms with E-state index in [1.165, 1.54) is 25.7 Å². The van der Waals surface area contributed by atoms with Crippen molar-refractivity contribution in [3.05, 3.63) is 34.0 Å². The van der Waals surface area contributed by atoms with E-state index in [0.717, 1.165) is 26.8 Å². The maximum atomic E-state index is 6.35. The van der Waals surface area contributed by atoms with Gasteiger partial charge in [0.15, 0.2) is 0 Å². The average molecular weight is 308 g/mol. The maximum Gasteiger partial charge on any atom is 0.137 e. The minimum absolute atomic E-state index is 0.0538. The summed E-state index contributed by atoms with van der Waals surface area (Å²) in [5.74, 6) is 1.53. The highest BCUT2D eigenvalue weighted by atomic mass is 79.9. The van der Waals surface area contributed by atoms with Crippen molar-refractivity contribution in [3.63, 3.8) is 0 Å². The molecule has 0 saturated heterocycles. The van der Waals surface area contributed by atoms with Crippen LogP contribution in [0.5, 0.6) is 0 Å². The standard InChI is InChI=1S/C15H18BrNO/c1-9-6-12(16)7-11-8-13(18-15(9)11)14(17)10-4-2-3-5-10/h6-8,10,14H,2-5,17H2,1H3. The molecule has 0 spiro atoms. The fourth-order valence-corrected chi connectivity index (χ4v) is 3.61. The minimum atomic E-state index is 0.0538. The number of hydrogen-bond donors (Lipinski definition) is 1. The first kappa shape index (κ1) is 12.2. The third kappa shape index (κ3) is 2.10. The van der Waals surface area contributed by atoms with Crippen LogP contribution in [0.4, 0.5) is 0 Å². The highest BCUT2D eigenvalue weighted by Crippen LogP contribution is 2.37. The number of rotatable bonds is 2. The Kier molecular flexibility index (Phi) is 3.20. The molecule has 1 aliphatic carbocycles. The fraction of sp³-hybridized carbons (Fsp3) is 0.467. The van der Waals surface area contributed by atoms with Crippen molar-refractivity contribution in [1.29, 1.82) is 0 Å². The van der Waals surface area contributed by atoms with Crippen molar-refractivity contribution in [2.24, 2.45) is 11.7 Å². The SMILES string of the molecule is Cc1cc(Br)cc2cc(C(N)C3CCCC3)oc12. The molecule has 0 bridgehead atoms. The molecule has 3 rings (SSSR count). The van der Waals surface area contributed by atoms with Crippen molar-refractivity contribution >= 4 is 26.9 Å². The summed E-state index contributed by atoms with van der Waals surface area (Å²) in [7, 11) is 0. The molecule has 1 aliphatic rings. The zero-order valence-electron chi connectivity index (χ0n) is 10.6. The lowest BCUT2D eigenvalue weighted by molar-refractivity contribution is 0.380. The fourth-order valence-electron chi connectivity index (χ4n) is 3.02. The molecule has 1 aromatic carbocycles. The number of furan rings is 1. The minimum Gasteiger partial charge on any atom is -0.459 e. The van der Waals surface area contributed by atoms with Gasteiger partial charge in [0.05, 0.1) is 6.04 Å². The topological polar surface area (TPSA) is 39.2 Å². The number of hydrogen-bond acceptors (Lipinski definition) is 2. The van der Waals surface area contributed by atoms with E-state index in [2.05, 4.69) is 41.1 Å². The summed E-state index contributed by atoms with van der Waals surface area (Å²) in [6.45, 7) is 2.07. The van der Waals surface area contributed by atoms with Crippen molar-refractivity contribution in [2.45, 2.75) is 38.6 Å². The first-order chi connectivity index (χ1) is 8.65. The van der Waals surface area contributed by atoms with Gasteiger partial charge in [-0.1, -0.05) is 28.8 Å².